The number of hydrogen-bond acceptors (Lipinski definition) is 6. The summed E-state index contributed by atoms with van der Waals surface area (Å²) in [6.07, 6.45) is 0. The van der Waals surface area contributed by atoms with Crippen LogP contribution in [-0.4, -0.2) is 34.7 Å². The molecule has 3 rings (SSSR count). The Bertz CT molecular complexity index is 955. The van der Waals surface area contributed by atoms with E-state index in [1.165, 1.54) is 19.2 Å². The lowest BCUT2D eigenvalue weighted by Gasteiger charge is -2.35. The van der Waals surface area contributed by atoms with Crippen LogP contribution in [0.3, 0.4) is 0 Å². The first kappa shape index (κ1) is 20.0. The molecule has 0 bridgehead atoms. The highest BCUT2D eigenvalue weighted by molar-refractivity contribution is 9.10. The van der Waals surface area contributed by atoms with E-state index >= 15 is 0 Å². The zero-order valence-electron chi connectivity index (χ0n) is 14.9. The van der Waals surface area contributed by atoms with Crippen LogP contribution in [0.4, 0.5) is 0 Å². The summed E-state index contributed by atoms with van der Waals surface area (Å²) in [4.78, 5) is 12.7. The molecule has 8 heteroatoms. The number of carbonyl (C=O) groups is 1. The summed E-state index contributed by atoms with van der Waals surface area (Å²) < 4.78 is 41.8. The van der Waals surface area contributed by atoms with Crippen molar-refractivity contribution in [3.05, 3.63) is 63.6 Å². The second-order valence-corrected chi connectivity index (χ2v) is 8.93. The molecule has 27 heavy (non-hydrogen) atoms. The van der Waals surface area contributed by atoms with Crippen molar-refractivity contribution in [1.29, 1.82) is 0 Å². The Kier molecular flexibility index (Phi) is 5.71. The van der Waals surface area contributed by atoms with Crippen molar-refractivity contribution in [2.24, 2.45) is 0 Å². The van der Waals surface area contributed by atoms with E-state index in [0.717, 1.165) is 15.6 Å². The first-order chi connectivity index (χ1) is 12.8. The van der Waals surface area contributed by atoms with Gasteiger partial charge in [0.2, 0.25) is 0 Å². The van der Waals surface area contributed by atoms with Gasteiger partial charge in [-0.3, -0.25) is 8.98 Å². The average Bonchev–Trinajstić information content (AvgIpc) is 2.66. The third-order valence-corrected chi connectivity index (χ3v) is 6.31. The Hall–Kier alpha value is -1.74. The van der Waals surface area contributed by atoms with Gasteiger partial charge in [-0.15, -0.1) is 0 Å². The van der Waals surface area contributed by atoms with Gasteiger partial charge in [0, 0.05) is 4.47 Å². The van der Waals surface area contributed by atoms with Crippen LogP contribution in [0.5, 0.6) is 0 Å². The molecular formula is C19H19BrO6S. The Balaban J connectivity index is 1.97. The molecule has 0 radical (unpaired) electrons. The van der Waals surface area contributed by atoms with E-state index in [4.69, 9.17) is 13.7 Å². The lowest BCUT2D eigenvalue weighted by atomic mass is 9.78. The summed E-state index contributed by atoms with van der Waals surface area (Å²) in [5.74, 6) is -0.611. The van der Waals surface area contributed by atoms with Crippen LogP contribution in [0.2, 0.25) is 0 Å². The third-order valence-electron chi connectivity index (χ3n) is 4.54. The maximum atomic E-state index is 12.7. The largest absolute Gasteiger partial charge is 0.468 e. The van der Waals surface area contributed by atoms with E-state index in [1.54, 1.807) is 18.2 Å². The molecule has 0 aromatic heterocycles. The lowest BCUT2D eigenvalue weighted by Crippen LogP contribution is -2.48. The van der Waals surface area contributed by atoms with Crippen molar-refractivity contribution in [3.63, 3.8) is 0 Å². The highest BCUT2D eigenvalue weighted by Crippen LogP contribution is 2.36. The number of benzene rings is 2. The van der Waals surface area contributed by atoms with Crippen molar-refractivity contribution >= 4 is 32.0 Å². The SMILES string of the molecule is COC(=O)C1(COS(=O)(=O)c2ccc(C)cc2)COCc2ccc(Br)cc21. The number of esters is 1. The number of rotatable bonds is 5. The van der Waals surface area contributed by atoms with E-state index in [2.05, 4.69) is 15.9 Å². The quantitative estimate of drug-likeness (QED) is 0.510. The summed E-state index contributed by atoms with van der Waals surface area (Å²) in [5.41, 5.74) is 0.976. The standard InChI is InChI=1S/C19H19BrO6S/c1-13-3-7-16(8-4-13)27(22,23)26-12-19(18(21)24-2)11-25-10-14-5-6-15(20)9-17(14)19/h3-9H,10-12H2,1-2H3. The fourth-order valence-corrected chi connectivity index (χ4v) is 4.35. The summed E-state index contributed by atoms with van der Waals surface area (Å²) >= 11 is 3.40. The molecule has 2 aromatic carbocycles. The summed E-state index contributed by atoms with van der Waals surface area (Å²) in [5, 5.41) is 0. The zero-order valence-corrected chi connectivity index (χ0v) is 17.3. The minimum absolute atomic E-state index is 0.0271. The third kappa shape index (κ3) is 3.94. The molecule has 1 unspecified atom stereocenters. The fourth-order valence-electron chi connectivity index (χ4n) is 3.03. The van der Waals surface area contributed by atoms with Gasteiger partial charge >= 0.3 is 5.97 Å². The second kappa shape index (κ2) is 7.71. The first-order valence-corrected chi connectivity index (χ1v) is 10.4. The van der Waals surface area contributed by atoms with Crippen molar-refractivity contribution in [3.8, 4) is 0 Å². The molecule has 0 amide bonds. The molecule has 0 saturated carbocycles. The van der Waals surface area contributed by atoms with Crippen molar-refractivity contribution < 1.29 is 26.9 Å². The van der Waals surface area contributed by atoms with E-state index in [-0.39, 0.29) is 11.5 Å². The maximum Gasteiger partial charge on any atom is 0.321 e. The first-order valence-electron chi connectivity index (χ1n) is 8.20. The van der Waals surface area contributed by atoms with Crippen molar-refractivity contribution in [1.82, 2.24) is 0 Å². The van der Waals surface area contributed by atoms with E-state index < -0.39 is 28.1 Å². The average molecular weight is 455 g/mol. The number of hydrogen-bond donors (Lipinski definition) is 0. The van der Waals surface area contributed by atoms with Gasteiger partial charge in [-0.25, -0.2) is 0 Å². The Morgan fingerprint density at radius 2 is 1.93 bits per heavy atom. The van der Waals surface area contributed by atoms with Crippen LogP contribution < -0.4 is 0 Å². The van der Waals surface area contributed by atoms with E-state index in [1.807, 2.05) is 19.1 Å². The van der Waals surface area contributed by atoms with Gasteiger partial charge in [0.15, 0.2) is 0 Å². The lowest BCUT2D eigenvalue weighted by molar-refractivity contribution is -0.153. The molecule has 1 heterocycles. The number of halogens is 1. The highest BCUT2D eigenvalue weighted by atomic mass is 79.9. The smallest absolute Gasteiger partial charge is 0.321 e. The maximum absolute atomic E-state index is 12.7. The molecule has 2 aromatic rings. The number of carbonyl (C=O) groups excluding carboxylic acids is 1. The Morgan fingerprint density at radius 1 is 1.22 bits per heavy atom. The number of fused-ring (bicyclic) bond motifs is 1. The van der Waals surface area contributed by atoms with Crippen LogP contribution in [0.25, 0.3) is 0 Å². The van der Waals surface area contributed by atoms with Gasteiger partial charge < -0.3 is 9.47 Å². The van der Waals surface area contributed by atoms with E-state index in [0.29, 0.717) is 12.2 Å². The molecular weight excluding hydrogens is 436 g/mol. The number of aryl methyl sites for hydroxylation is 1. The predicted octanol–water partition coefficient (Wildman–Crippen LogP) is 3.10. The molecule has 0 fully saturated rings. The van der Waals surface area contributed by atoms with Crippen molar-refractivity contribution in [2.45, 2.75) is 23.8 Å². The van der Waals surface area contributed by atoms with Gasteiger partial charge in [0.05, 0.1) is 31.8 Å². The second-order valence-electron chi connectivity index (χ2n) is 6.40. The topological polar surface area (TPSA) is 78.9 Å². The van der Waals surface area contributed by atoms with Gasteiger partial charge in [-0.1, -0.05) is 39.7 Å². The minimum atomic E-state index is -4.04. The van der Waals surface area contributed by atoms with E-state index in [9.17, 15) is 13.2 Å². The van der Waals surface area contributed by atoms with Crippen LogP contribution in [-0.2, 0) is 40.6 Å². The predicted molar refractivity (Wildman–Crippen MR) is 102 cm³/mol. The Morgan fingerprint density at radius 3 is 2.59 bits per heavy atom. The molecule has 1 atom stereocenters. The van der Waals surface area contributed by atoms with Crippen LogP contribution >= 0.6 is 15.9 Å². The Labute approximate surface area is 166 Å². The van der Waals surface area contributed by atoms with Gasteiger partial charge in [0.1, 0.15) is 5.41 Å². The minimum Gasteiger partial charge on any atom is -0.468 e. The van der Waals surface area contributed by atoms with Gasteiger partial charge in [0.25, 0.3) is 10.1 Å². The molecule has 144 valence electrons. The molecule has 0 spiro atoms. The molecule has 0 saturated heterocycles. The molecule has 1 aliphatic heterocycles. The zero-order chi connectivity index (χ0) is 19.7. The highest BCUT2D eigenvalue weighted by Gasteiger charge is 2.47. The number of methoxy groups -OCH3 is 1. The summed E-state index contributed by atoms with van der Waals surface area (Å²) in [6.45, 7) is 1.73. The fraction of sp³-hybridized carbons (Fsp3) is 0.316. The monoisotopic (exact) mass is 454 g/mol. The molecule has 0 aliphatic carbocycles. The van der Waals surface area contributed by atoms with Gasteiger partial charge in [-0.05, 0) is 42.3 Å². The summed E-state index contributed by atoms with van der Waals surface area (Å²) in [6, 6.07) is 11.7. The molecule has 0 N–H and O–H groups in total. The van der Waals surface area contributed by atoms with Crippen LogP contribution in [0, 0.1) is 6.92 Å². The van der Waals surface area contributed by atoms with Crippen molar-refractivity contribution in [2.75, 3.05) is 20.3 Å². The van der Waals surface area contributed by atoms with Crippen LogP contribution in [0.15, 0.2) is 51.8 Å². The molecule has 6 nitrogen and oxygen atoms in total. The normalized spacial score (nSPS) is 19.4. The number of ether oxygens (including phenoxy) is 2. The van der Waals surface area contributed by atoms with Gasteiger partial charge in [-0.2, -0.15) is 8.42 Å². The summed E-state index contributed by atoms with van der Waals surface area (Å²) in [7, 11) is -2.79. The molecule has 1 aliphatic rings. The van der Waals surface area contributed by atoms with Crippen LogP contribution in [0.1, 0.15) is 16.7 Å².